The Hall–Kier alpha value is -1.38. The molecule has 0 bridgehead atoms. The maximum Gasteiger partial charge on any atom is 0.0637 e. The van der Waals surface area contributed by atoms with E-state index in [1.807, 2.05) is 12.3 Å². The lowest BCUT2D eigenvalue weighted by atomic mass is 9.99. The van der Waals surface area contributed by atoms with E-state index in [0.29, 0.717) is 17.9 Å². The third-order valence-electron chi connectivity index (χ3n) is 4.06. The summed E-state index contributed by atoms with van der Waals surface area (Å²) in [6.45, 7) is 3.09. The van der Waals surface area contributed by atoms with Crippen LogP contribution >= 0.6 is 11.6 Å². The largest absolute Gasteiger partial charge is 0.310 e. The zero-order chi connectivity index (χ0) is 13.9. The average molecular weight is 287 g/mol. The number of aromatic nitrogens is 1. The topological polar surface area (TPSA) is 24.9 Å². The molecule has 3 unspecified atom stereocenters. The molecule has 0 spiro atoms. The van der Waals surface area contributed by atoms with Crippen molar-refractivity contribution in [1.82, 2.24) is 10.3 Å². The van der Waals surface area contributed by atoms with Gasteiger partial charge in [0.2, 0.25) is 0 Å². The van der Waals surface area contributed by atoms with Crippen molar-refractivity contribution in [3.63, 3.8) is 0 Å². The first-order valence-corrected chi connectivity index (χ1v) is 7.56. The fourth-order valence-electron chi connectivity index (χ4n) is 3.02. The van der Waals surface area contributed by atoms with E-state index in [-0.39, 0.29) is 0 Å². The van der Waals surface area contributed by atoms with Gasteiger partial charge in [-0.2, -0.15) is 0 Å². The van der Waals surface area contributed by atoms with Crippen LogP contribution in [-0.2, 0) is 0 Å². The number of halogens is 1. The second-order valence-corrected chi connectivity index (χ2v) is 5.76. The first-order chi connectivity index (χ1) is 9.81. The Morgan fingerprint density at radius 3 is 2.80 bits per heavy atom. The molecule has 1 aromatic heterocycles. The zero-order valence-electron chi connectivity index (χ0n) is 11.6. The lowest BCUT2D eigenvalue weighted by Crippen LogP contribution is -2.23. The minimum atomic E-state index is 0.320. The molecule has 104 valence electrons. The van der Waals surface area contributed by atoms with E-state index >= 15 is 0 Å². The van der Waals surface area contributed by atoms with Crippen LogP contribution in [-0.4, -0.2) is 11.5 Å². The van der Waals surface area contributed by atoms with Crippen LogP contribution < -0.4 is 5.32 Å². The predicted octanol–water partition coefficient (Wildman–Crippen LogP) is 4.19. The molecular formula is C17H19ClN2. The van der Waals surface area contributed by atoms with E-state index in [1.54, 1.807) is 6.20 Å². The molecule has 3 atom stereocenters. The van der Waals surface area contributed by atoms with E-state index in [4.69, 9.17) is 11.6 Å². The van der Waals surface area contributed by atoms with Gasteiger partial charge in [0.1, 0.15) is 0 Å². The molecule has 1 aliphatic rings. The Bertz CT molecular complexity index is 570. The van der Waals surface area contributed by atoms with Gasteiger partial charge in [0, 0.05) is 18.4 Å². The second kappa shape index (κ2) is 5.94. The van der Waals surface area contributed by atoms with Crippen LogP contribution in [0.2, 0.25) is 5.02 Å². The van der Waals surface area contributed by atoms with Crippen molar-refractivity contribution in [1.29, 1.82) is 0 Å². The minimum Gasteiger partial charge on any atom is -0.310 e. The highest BCUT2D eigenvalue weighted by Gasteiger charge is 2.44. The Labute approximate surface area is 125 Å². The fourth-order valence-corrected chi connectivity index (χ4v) is 3.25. The second-order valence-electron chi connectivity index (χ2n) is 5.35. The van der Waals surface area contributed by atoms with Gasteiger partial charge in [0.25, 0.3) is 0 Å². The summed E-state index contributed by atoms with van der Waals surface area (Å²) < 4.78 is 0. The third-order valence-corrected chi connectivity index (χ3v) is 4.37. The molecule has 3 heteroatoms. The summed E-state index contributed by atoms with van der Waals surface area (Å²) in [7, 11) is 0. The van der Waals surface area contributed by atoms with Crippen LogP contribution in [0.3, 0.4) is 0 Å². The number of hydrogen-bond acceptors (Lipinski definition) is 2. The molecule has 0 amide bonds. The van der Waals surface area contributed by atoms with Crippen LogP contribution in [0.4, 0.5) is 0 Å². The summed E-state index contributed by atoms with van der Waals surface area (Å²) in [5.74, 6) is 1.27. The number of hydrogen-bond donors (Lipinski definition) is 1. The third kappa shape index (κ3) is 2.72. The quantitative estimate of drug-likeness (QED) is 0.891. The van der Waals surface area contributed by atoms with Crippen molar-refractivity contribution in [2.45, 2.75) is 25.3 Å². The Kier molecular flexibility index (Phi) is 4.04. The van der Waals surface area contributed by atoms with E-state index in [0.717, 1.165) is 11.6 Å². The van der Waals surface area contributed by atoms with E-state index in [2.05, 4.69) is 47.6 Å². The molecular weight excluding hydrogens is 268 g/mol. The molecule has 1 fully saturated rings. The van der Waals surface area contributed by atoms with Crippen molar-refractivity contribution >= 4 is 11.6 Å². The molecule has 0 radical (unpaired) electrons. The molecule has 20 heavy (non-hydrogen) atoms. The van der Waals surface area contributed by atoms with Gasteiger partial charge in [0.15, 0.2) is 0 Å². The van der Waals surface area contributed by atoms with Crippen molar-refractivity contribution in [3.05, 3.63) is 64.9 Å². The van der Waals surface area contributed by atoms with Crippen molar-refractivity contribution < 1.29 is 0 Å². The summed E-state index contributed by atoms with van der Waals surface area (Å²) in [6, 6.07) is 13.1. The highest BCUT2D eigenvalue weighted by atomic mass is 35.5. The smallest absolute Gasteiger partial charge is 0.0637 e. The standard InChI is InChI=1S/C17H19ClN2/c1-2-20-17(13-8-9-19-11-16(13)18)15-10-14(15)12-6-4-3-5-7-12/h3-9,11,14-15,17,20H,2,10H2,1H3. The molecule has 2 aromatic rings. The number of nitrogens with one attached hydrogen (secondary N) is 1. The Morgan fingerprint density at radius 1 is 1.30 bits per heavy atom. The molecule has 1 saturated carbocycles. The fraction of sp³-hybridized carbons (Fsp3) is 0.353. The molecule has 1 aliphatic carbocycles. The number of pyridine rings is 1. The molecule has 0 saturated heterocycles. The van der Waals surface area contributed by atoms with Crippen LogP contribution in [0.15, 0.2) is 48.8 Å². The van der Waals surface area contributed by atoms with Gasteiger partial charge >= 0.3 is 0 Å². The van der Waals surface area contributed by atoms with Gasteiger partial charge in [-0.3, -0.25) is 4.98 Å². The predicted molar refractivity (Wildman–Crippen MR) is 83.0 cm³/mol. The summed E-state index contributed by atoms with van der Waals surface area (Å²) >= 11 is 6.32. The first kappa shape index (κ1) is 13.6. The molecule has 3 rings (SSSR count). The monoisotopic (exact) mass is 286 g/mol. The maximum absolute atomic E-state index is 6.32. The Balaban J connectivity index is 1.82. The molecule has 1 heterocycles. The van der Waals surface area contributed by atoms with Gasteiger partial charge in [0.05, 0.1) is 5.02 Å². The Morgan fingerprint density at radius 2 is 2.10 bits per heavy atom. The van der Waals surface area contributed by atoms with Gasteiger partial charge in [-0.15, -0.1) is 0 Å². The molecule has 2 nitrogen and oxygen atoms in total. The normalized spacial score (nSPS) is 22.5. The summed E-state index contributed by atoms with van der Waals surface area (Å²) in [5, 5.41) is 4.35. The zero-order valence-corrected chi connectivity index (χ0v) is 12.3. The van der Waals surface area contributed by atoms with E-state index in [9.17, 15) is 0 Å². The lowest BCUT2D eigenvalue weighted by molar-refractivity contribution is 0.487. The summed E-state index contributed by atoms with van der Waals surface area (Å²) in [6.07, 6.45) is 4.78. The number of nitrogens with zero attached hydrogens (tertiary/aromatic N) is 1. The van der Waals surface area contributed by atoms with E-state index < -0.39 is 0 Å². The molecule has 1 N–H and O–H groups in total. The van der Waals surface area contributed by atoms with Crippen LogP contribution in [0, 0.1) is 5.92 Å². The van der Waals surface area contributed by atoms with Gasteiger partial charge in [-0.25, -0.2) is 0 Å². The van der Waals surface area contributed by atoms with Crippen molar-refractivity contribution in [2.75, 3.05) is 6.54 Å². The number of benzene rings is 1. The highest BCUT2D eigenvalue weighted by molar-refractivity contribution is 6.31. The van der Waals surface area contributed by atoms with Crippen molar-refractivity contribution in [2.24, 2.45) is 5.92 Å². The molecule has 1 aromatic carbocycles. The SMILES string of the molecule is CCNC(c1ccncc1Cl)C1CC1c1ccccc1. The van der Waals surface area contributed by atoms with Crippen LogP contribution in [0.1, 0.15) is 36.4 Å². The first-order valence-electron chi connectivity index (χ1n) is 7.19. The van der Waals surface area contributed by atoms with Gasteiger partial charge < -0.3 is 5.32 Å². The van der Waals surface area contributed by atoms with Gasteiger partial charge in [-0.05, 0) is 42.0 Å². The van der Waals surface area contributed by atoms with Crippen molar-refractivity contribution in [3.8, 4) is 0 Å². The van der Waals surface area contributed by atoms with Crippen LogP contribution in [0.5, 0.6) is 0 Å². The van der Waals surface area contributed by atoms with E-state index in [1.165, 1.54) is 17.5 Å². The summed E-state index contributed by atoms with van der Waals surface area (Å²) in [5.41, 5.74) is 2.61. The number of rotatable bonds is 5. The molecule has 0 aliphatic heterocycles. The highest BCUT2D eigenvalue weighted by Crippen LogP contribution is 2.54. The lowest BCUT2D eigenvalue weighted by Gasteiger charge is -2.19. The maximum atomic E-state index is 6.32. The summed E-state index contributed by atoms with van der Waals surface area (Å²) in [4.78, 5) is 4.08. The minimum absolute atomic E-state index is 0.320. The average Bonchev–Trinajstić information content (AvgIpc) is 3.27. The van der Waals surface area contributed by atoms with Crippen LogP contribution in [0.25, 0.3) is 0 Å². The van der Waals surface area contributed by atoms with Gasteiger partial charge in [-0.1, -0.05) is 48.9 Å².